The van der Waals surface area contributed by atoms with Crippen LogP contribution in [-0.2, 0) is 9.53 Å². The number of carbonyl (C=O) groups is 1. The Morgan fingerprint density at radius 1 is 1.19 bits per heavy atom. The summed E-state index contributed by atoms with van der Waals surface area (Å²) in [5.41, 5.74) is 2.16. The van der Waals surface area contributed by atoms with Crippen molar-refractivity contribution in [3.63, 3.8) is 0 Å². The number of halogens is 2. The van der Waals surface area contributed by atoms with Crippen LogP contribution in [0.3, 0.4) is 0 Å². The van der Waals surface area contributed by atoms with Gasteiger partial charge in [0.25, 0.3) is 5.56 Å². The normalized spacial score (nSPS) is 16.1. The van der Waals surface area contributed by atoms with Crippen LogP contribution in [0.1, 0.15) is 30.5 Å². The molecule has 0 amide bonds. The highest BCUT2D eigenvalue weighted by molar-refractivity contribution is 7.07. The Balaban J connectivity index is 2.02. The molecule has 1 aliphatic rings. The van der Waals surface area contributed by atoms with Gasteiger partial charge in [0.2, 0.25) is 0 Å². The molecule has 0 fully saturated rings. The average molecular weight is 473 g/mol. The number of aromatic nitrogens is 1. The molecule has 5 nitrogen and oxygen atoms in total. The molecule has 0 spiro atoms. The number of rotatable bonds is 4. The lowest BCUT2D eigenvalue weighted by Crippen LogP contribution is -2.40. The van der Waals surface area contributed by atoms with Gasteiger partial charge in [0, 0.05) is 0 Å². The lowest BCUT2D eigenvalue weighted by Gasteiger charge is -2.25. The number of fused-ring (bicyclic) bond motifs is 1. The first kappa shape index (κ1) is 21.6. The molecule has 0 aliphatic carbocycles. The van der Waals surface area contributed by atoms with Crippen LogP contribution in [0.4, 0.5) is 0 Å². The third kappa shape index (κ3) is 3.87. The van der Waals surface area contributed by atoms with Gasteiger partial charge >= 0.3 is 5.97 Å². The molecule has 2 heterocycles. The van der Waals surface area contributed by atoms with Gasteiger partial charge < -0.3 is 4.74 Å². The molecule has 0 N–H and O–H groups in total. The van der Waals surface area contributed by atoms with Crippen molar-refractivity contribution < 1.29 is 9.53 Å². The van der Waals surface area contributed by atoms with E-state index in [9.17, 15) is 9.59 Å². The molecule has 1 aliphatic heterocycles. The zero-order chi connectivity index (χ0) is 22.1. The van der Waals surface area contributed by atoms with Gasteiger partial charge in [0.1, 0.15) is 0 Å². The number of carbonyl (C=O) groups excluding carboxylic acids is 1. The second-order valence-corrected chi connectivity index (χ2v) is 8.64. The highest BCUT2D eigenvalue weighted by Crippen LogP contribution is 2.31. The Labute approximate surface area is 192 Å². The summed E-state index contributed by atoms with van der Waals surface area (Å²) >= 11 is 13.7. The van der Waals surface area contributed by atoms with Crippen molar-refractivity contribution in [2.75, 3.05) is 7.11 Å². The van der Waals surface area contributed by atoms with Crippen LogP contribution in [0.15, 0.2) is 69.6 Å². The molecule has 4 rings (SSSR count). The van der Waals surface area contributed by atoms with Crippen molar-refractivity contribution in [3.8, 4) is 0 Å². The fourth-order valence-corrected chi connectivity index (χ4v) is 4.96. The average Bonchev–Trinajstić information content (AvgIpc) is 3.10. The lowest BCUT2D eigenvalue weighted by molar-refractivity contribution is -0.136. The van der Waals surface area contributed by atoms with Crippen molar-refractivity contribution in [2.45, 2.75) is 19.4 Å². The first-order valence-electron chi connectivity index (χ1n) is 9.58. The molecule has 158 valence electrons. The Hall–Kier alpha value is -2.67. The van der Waals surface area contributed by atoms with Gasteiger partial charge in [-0.1, -0.05) is 83.9 Å². The number of nitrogens with zero attached hydrogens (tertiary/aromatic N) is 2. The minimum Gasteiger partial charge on any atom is -0.466 e. The van der Waals surface area contributed by atoms with E-state index in [4.69, 9.17) is 27.9 Å². The van der Waals surface area contributed by atoms with Crippen LogP contribution in [0.2, 0.25) is 10.0 Å². The molecule has 0 saturated heterocycles. The molecule has 0 bridgehead atoms. The number of thiazole rings is 1. The van der Waals surface area contributed by atoms with Crippen LogP contribution in [0.5, 0.6) is 0 Å². The van der Waals surface area contributed by atoms with Gasteiger partial charge in [0.05, 0.1) is 39.0 Å². The third-order valence-electron chi connectivity index (χ3n) is 5.03. The maximum absolute atomic E-state index is 13.5. The summed E-state index contributed by atoms with van der Waals surface area (Å²) in [5.74, 6) is -0.499. The fraction of sp³-hybridized carbons (Fsp3) is 0.174. The molecule has 3 aromatic rings. The minimum absolute atomic E-state index is 0.259. The summed E-state index contributed by atoms with van der Waals surface area (Å²) < 4.78 is 7.05. The maximum Gasteiger partial charge on any atom is 0.338 e. The van der Waals surface area contributed by atoms with E-state index >= 15 is 0 Å². The predicted molar refractivity (Wildman–Crippen MR) is 123 cm³/mol. The van der Waals surface area contributed by atoms with E-state index in [0.717, 1.165) is 5.56 Å². The van der Waals surface area contributed by atoms with E-state index in [1.54, 1.807) is 28.8 Å². The quantitative estimate of drug-likeness (QED) is 0.536. The Kier molecular flexibility index (Phi) is 6.14. The molecule has 8 heteroatoms. The number of methoxy groups -OCH3 is 1. The minimum atomic E-state index is -0.628. The predicted octanol–water partition coefficient (Wildman–Crippen LogP) is 4.11. The van der Waals surface area contributed by atoms with Crippen molar-refractivity contribution in [1.29, 1.82) is 0 Å². The van der Waals surface area contributed by atoms with Crippen LogP contribution in [0.25, 0.3) is 6.08 Å². The van der Waals surface area contributed by atoms with Crippen LogP contribution in [-0.4, -0.2) is 17.6 Å². The van der Waals surface area contributed by atoms with E-state index in [0.29, 0.717) is 42.6 Å². The molecule has 1 aromatic heterocycles. The van der Waals surface area contributed by atoms with Crippen molar-refractivity contribution in [3.05, 3.63) is 101 Å². The van der Waals surface area contributed by atoms with Crippen LogP contribution < -0.4 is 14.9 Å². The number of ether oxygens (including phenoxy) is 1. The van der Waals surface area contributed by atoms with Gasteiger partial charge in [-0.15, -0.1) is 0 Å². The summed E-state index contributed by atoms with van der Waals surface area (Å²) in [6.45, 7) is 1.92. The molecule has 1 atom stereocenters. The Bertz CT molecular complexity index is 1370. The highest BCUT2D eigenvalue weighted by atomic mass is 35.5. The topological polar surface area (TPSA) is 60.7 Å². The second kappa shape index (κ2) is 8.83. The summed E-state index contributed by atoms with van der Waals surface area (Å²) in [6, 6.07) is 14.0. The summed E-state index contributed by atoms with van der Waals surface area (Å²) in [4.78, 5) is 31.4. The second-order valence-electron chi connectivity index (χ2n) is 6.84. The van der Waals surface area contributed by atoms with Crippen molar-refractivity contribution in [2.24, 2.45) is 4.99 Å². The van der Waals surface area contributed by atoms with E-state index in [1.165, 1.54) is 18.4 Å². The standard InChI is InChI=1S/C23H18Cl2N2O3S/c1-3-16-18(22(29)30-2)20(13-8-5-4-6-9-13)27-21(28)17(31-23(27)26-16)12-14-10-7-11-15(24)19(14)25/h4-12,20H,3H2,1-2H3/b17-12+/t20-/m1/s1. The summed E-state index contributed by atoms with van der Waals surface area (Å²) in [6.07, 6.45) is 2.23. The number of allylic oxidation sites excluding steroid dienone is 1. The van der Waals surface area contributed by atoms with Gasteiger partial charge in [-0.25, -0.2) is 9.79 Å². The van der Waals surface area contributed by atoms with Gasteiger partial charge in [-0.3, -0.25) is 9.36 Å². The van der Waals surface area contributed by atoms with Crippen molar-refractivity contribution in [1.82, 2.24) is 4.57 Å². The van der Waals surface area contributed by atoms with Gasteiger partial charge in [0.15, 0.2) is 4.80 Å². The van der Waals surface area contributed by atoms with E-state index < -0.39 is 12.0 Å². The largest absolute Gasteiger partial charge is 0.466 e. The number of hydrogen-bond acceptors (Lipinski definition) is 5. The molecule has 31 heavy (non-hydrogen) atoms. The Morgan fingerprint density at radius 2 is 1.94 bits per heavy atom. The van der Waals surface area contributed by atoms with E-state index in [1.807, 2.05) is 37.3 Å². The monoisotopic (exact) mass is 472 g/mol. The molecule has 2 aromatic carbocycles. The summed E-state index contributed by atoms with van der Waals surface area (Å²) in [5, 5.41) is 0.783. The lowest BCUT2D eigenvalue weighted by atomic mass is 9.95. The SMILES string of the molecule is CCC1=C(C(=O)OC)[C@@H](c2ccccc2)n2c(s/c(=C/c3cccc(Cl)c3Cl)c2=O)=N1. The summed E-state index contributed by atoms with van der Waals surface area (Å²) in [7, 11) is 1.33. The number of hydrogen-bond donors (Lipinski definition) is 0. The first-order valence-corrected chi connectivity index (χ1v) is 11.2. The number of benzene rings is 2. The zero-order valence-electron chi connectivity index (χ0n) is 16.8. The third-order valence-corrected chi connectivity index (χ3v) is 6.85. The van der Waals surface area contributed by atoms with Crippen LogP contribution >= 0.6 is 34.5 Å². The molecular weight excluding hydrogens is 455 g/mol. The maximum atomic E-state index is 13.5. The smallest absolute Gasteiger partial charge is 0.338 e. The fourth-order valence-electron chi connectivity index (χ4n) is 3.59. The molecule has 0 unspecified atom stereocenters. The van der Waals surface area contributed by atoms with E-state index in [2.05, 4.69) is 4.99 Å². The van der Waals surface area contributed by atoms with Gasteiger partial charge in [-0.2, -0.15) is 0 Å². The van der Waals surface area contributed by atoms with Crippen molar-refractivity contribution >= 4 is 46.6 Å². The van der Waals surface area contributed by atoms with Crippen LogP contribution in [0, 0.1) is 0 Å². The Morgan fingerprint density at radius 3 is 2.61 bits per heavy atom. The highest BCUT2D eigenvalue weighted by Gasteiger charge is 2.33. The van der Waals surface area contributed by atoms with E-state index in [-0.39, 0.29) is 5.56 Å². The zero-order valence-corrected chi connectivity index (χ0v) is 19.1. The molecule has 0 saturated carbocycles. The number of esters is 1. The first-order chi connectivity index (χ1) is 15.0. The molecule has 0 radical (unpaired) electrons. The molecular formula is C23H18Cl2N2O3S. The van der Waals surface area contributed by atoms with Gasteiger partial charge in [-0.05, 0) is 29.7 Å².